The Balaban J connectivity index is 3.46. The van der Waals surface area contributed by atoms with Gasteiger partial charge < -0.3 is 0 Å². The molecule has 0 spiro atoms. The highest BCUT2D eigenvalue weighted by molar-refractivity contribution is 6.31. The molecule has 0 saturated carbocycles. The summed E-state index contributed by atoms with van der Waals surface area (Å²) in [6.07, 6.45) is 0. The molecule has 0 unspecified atom stereocenters. The van der Waals surface area contributed by atoms with Gasteiger partial charge >= 0.3 is 5.69 Å². The quantitative estimate of drug-likeness (QED) is 0.347. The van der Waals surface area contributed by atoms with Gasteiger partial charge in [-0.05, 0) is 24.6 Å². The first-order valence-corrected chi connectivity index (χ1v) is 4.54. The number of hydrogen-bond donors (Lipinski definition) is 0. The number of alkyl halides is 1. The first-order chi connectivity index (χ1) is 6.97. The van der Waals surface area contributed by atoms with E-state index in [1.807, 2.05) is 0 Å². The molecule has 0 heterocycles. The maximum Gasteiger partial charge on any atom is 0.315 e. The van der Waals surface area contributed by atoms with E-state index in [0.717, 1.165) is 6.07 Å². The Bertz CT molecular complexity index is 434. The summed E-state index contributed by atoms with van der Waals surface area (Å²) in [6, 6.07) is 2.26. The third kappa shape index (κ3) is 2.30. The van der Waals surface area contributed by atoms with Crippen LogP contribution < -0.4 is 0 Å². The van der Waals surface area contributed by atoms with Gasteiger partial charge in [-0.2, -0.15) is 4.39 Å². The molecule has 0 atom stereocenters. The smallest absolute Gasteiger partial charge is 0.293 e. The van der Waals surface area contributed by atoms with Crippen LogP contribution in [-0.2, 0) is 0 Å². The standard InChI is InChI=1S/C9H7ClFNO3/c1-5-2-6(8(13)4-10)9(12(14)15)7(11)3-5/h2-3H,4H2,1H3. The van der Waals surface area contributed by atoms with Gasteiger partial charge in [0.05, 0.1) is 16.4 Å². The van der Waals surface area contributed by atoms with Crippen LogP contribution in [0.25, 0.3) is 0 Å². The lowest BCUT2D eigenvalue weighted by molar-refractivity contribution is -0.387. The number of ketones is 1. The number of nitro benzene ring substituents is 1. The number of carbonyl (C=O) groups is 1. The number of Topliss-reactive ketones (excluding diaryl/α,β-unsaturated/α-hetero) is 1. The molecule has 0 aliphatic rings. The van der Waals surface area contributed by atoms with Crippen LogP contribution in [0.3, 0.4) is 0 Å². The summed E-state index contributed by atoms with van der Waals surface area (Å²) in [5.41, 5.74) is -0.662. The number of hydrogen-bond acceptors (Lipinski definition) is 3. The van der Waals surface area contributed by atoms with E-state index in [-0.39, 0.29) is 5.56 Å². The van der Waals surface area contributed by atoms with Crippen LogP contribution in [-0.4, -0.2) is 16.6 Å². The topological polar surface area (TPSA) is 60.2 Å². The fraction of sp³-hybridized carbons (Fsp3) is 0.222. The van der Waals surface area contributed by atoms with Crippen molar-refractivity contribution in [2.24, 2.45) is 0 Å². The van der Waals surface area contributed by atoms with Crippen LogP contribution in [0.4, 0.5) is 10.1 Å². The Hall–Kier alpha value is -1.49. The molecule has 1 aromatic rings. The van der Waals surface area contributed by atoms with Crippen molar-refractivity contribution in [3.05, 3.63) is 39.2 Å². The molecule has 80 valence electrons. The molecule has 0 fully saturated rings. The second kappa shape index (κ2) is 4.35. The predicted molar refractivity (Wildman–Crippen MR) is 52.8 cm³/mol. The Morgan fingerprint density at radius 2 is 2.20 bits per heavy atom. The average molecular weight is 232 g/mol. The molecule has 0 radical (unpaired) electrons. The van der Waals surface area contributed by atoms with Gasteiger partial charge in [-0.25, -0.2) is 0 Å². The van der Waals surface area contributed by atoms with Crippen LogP contribution in [0.2, 0.25) is 0 Å². The SMILES string of the molecule is Cc1cc(F)c([N+](=O)[O-])c(C(=O)CCl)c1. The highest BCUT2D eigenvalue weighted by Gasteiger charge is 2.24. The third-order valence-corrected chi connectivity index (χ3v) is 2.05. The van der Waals surface area contributed by atoms with Crippen LogP contribution in [0.5, 0.6) is 0 Å². The highest BCUT2D eigenvalue weighted by Crippen LogP contribution is 2.24. The first-order valence-electron chi connectivity index (χ1n) is 4.01. The van der Waals surface area contributed by atoms with Crippen LogP contribution in [0.1, 0.15) is 15.9 Å². The van der Waals surface area contributed by atoms with Gasteiger partial charge in [0.1, 0.15) is 0 Å². The minimum Gasteiger partial charge on any atom is -0.293 e. The summed E-state index contributed by atoms with van der Waals surface area (Å²) >= 11 is 5.27. The Morgan fingerprint density at radius 3 is 2.67 bits per heavy atom. The average Bonchev–Trinajstić information content (AvgIpc) is 2.14. The Kier molecular flexibility index (Phi) is 3.36. The van der Waals surface area contributed by atoms with Crippen molar-refractivity contribution in [1.29, 1.82) is 0 Å². The van der Waals surface area contributed by atoms with Gasteiger partial charge in [0.15, 0.2) is 5.78 Å². The molecule has 0 aromatic heterocycles. The van der Waals surface area contributed by atoms with E-state index in [9.17, 15) is 19.3 Å². The van der Waals surface area contributed by atoms with Crippen LogP contribution >= 0.6 is 11.6 Å². The largest absolute Gasteiger partial charge is 0.315 e. The normalized spacial score (nSPS) is 10.1. The molecular weight excluding hydrogens is 225 g/mol. The van der Waals surface area contributed by atoms with Gasteiger partial charge in [-0.15, -0.1) is 11.6 Å². The van der Waals surface area contributed by atoms with Gasteiger partial charge in [0, 0.05) is 0 Å². The molecule has 0 N–H and O–H groups in total. The second-order valence-corrected chi connectivity index (χ2v) is 3.22. The van der Waals surface area contributed by atoms with Crippen molar-refractivity contribution in [3.8, 4) is 0 Å². The maximum atomic E-state index is 13.2. The molecule has 0 aliphatic heterocycles. The molecule has 0 bridgehead atoms. The highest BCUT2D eigenvalue weighted by atomic mass is 35.5. The molecular formula is C9H7ClFNO3. The number of rotatable bonds is 3. The van der Waals surface area contributed by atoms with E-state index in [4.69, 9.17) is 11.6 Å². The molecule has 1 aromatic carbocycles. The zero-order valence-electron chi connectivity index (χ0n) is 7.79. The van der Waals surface area contributed by atoms with E-state index in [0.29, 0.717) is 5.56 Å². The Morgan fingerprint density at radius 1 is 1.60 bits per heavy atom. The van der Waals surface area contributed by atoms with Crippen LogP contribution in [0.15, 0.2) is 12.1 Å². The van der Waals surface area contributed by atoms with Crippen molar-refractivity contribution < 1.29 is 14.1 Å². The summed E-state index contributed by atoms with van der Waals surface area (Å²) in [5, 5.41) is 10.5. The van der Waals surface area contributed by atoms with E-state index in [1.54, 1.807) is 0 Å². The molecule has 0 aliphatic carbocycles. The minimum absolute atomic E-state index is 0.285. The van der Waals surface area contributed by atoms with E-state index >= 15 is 0 Å². The third-order valence-electron chi connectivity index (χ3n) is 1.81. The lowest BCUT2D eigenvalue weighted by Crippen LogP contribution is -2.07. The monoisotopic (exact) mass is 231 g/mol. The van der Waals surface area contributed by atoms with Gasteiger partial charge in [0.2, 0.25) is 5.82 Å². The number of aryl methyl sites for hydroxylation is 1. The molecule has 0 saturated heterocycles. The van der Waals surface area contributed by atoms with Crippen molar-refractivity contribution in [1.82, 2.24) is 0 Å². The van der Waals surface area contributed by atoms with E-state index in [2.05, 4.69) is 0 Å². The molecule has 0 amide bonds. The fourth-order valence-electron chi connectivity index (χ4n) is 1.20. The van der Waals surface area contributed by atoms with Gasteiger partial charge in [-0.3, -0.25) is 14.9 Å². The van der Waals surface area contributed by atoms with Gasteiger partial charge in [-0.1, -0.05) is 0 Å². The number of carbonyl (C=O) groups excluding carboxylic acids is 1. The van der Waals surface area contributed by atoms with E-state index < -0.39 is 28.1 Å². The summed E-state index contributed by atoms with van der Waals surface area (Å²) < 4.78 is 13.2. The Labute approximate surface area is 89.8 Å². The van der Waals surface area contributed by atoms with Crippen LogP contribution in [0, 0.1) is 22.9 Å². The van der Waals surface area contributed by atoms with Crippen molar-refractivity contribution >= 4 is 23.1 Å². The first kappa shape index (κ1) is 11.6. The second-order valence-electron chi connectivity index (χ2n) is 2.96. The van der Waals surface area contributed by atoms with E-state index in [1.165, 1.54) is 13.0 Å². The maximum absolute atomic E-state index is 13.2. The van der Waals surface area contributed by atoms with Gasteiger partial charge in [0.25, 0.3) is 0 Å². The summed E-state index contributed by atoms with van der Waals surface area (Å²) in [4.78, 5) is 20.9. The molecule has 6 heteroatoms. The zero-order chi connectivity index (χ0) is 11.6. The molecule has 15 heavy (non-hydrogen) atoms. The zero-order valence-corrected chi connectivity index (χ0v) is 8.55. The van der Waals surface area contributed by atoms with Crippen molar-refractivity contribution in [3.63, 3.8) is 0 Å². The molecule has 4 nitrogen and oxygen atoms in total. The number of nitro groups is 1. The number of nitrogens with zero attached hydrogens (tertiary/aromatic N) is 1. The molecule has 1 rings (SSSR count). The summed E-state index contributed by atoms with van der Waals surface area (Å²) in [7, 11) is 0. The lowest BCUT2D eigenvalue weighted by atomic mass is 10.1. The minimum atomic E-state index is -1.02. The summed E-state index contributed by atoms with van der Waals surface area (Å²) in [6.45, 7) is 1.54. The number of halogens is 2. The predicted octanol–water partition coefficient (Wildman–Crippen LogP) is 2.46. The lowest BCUT2D eigenvalue weighted by Gasteiger charge is -2.02. The fourth-order valence-corrected chi connectivity index (χ4v) is 1.35. The summed E-state index contributed by atoms with van der Waals surface area (Å²) in [5.74, 6) is -2.09. The van der Waals surface area contributed by atoms with Crippen molar-refractivity contribution in [2.75, 3.05) is 5.88 Å². The van der Waals surface area contributed by atoms with Crippen molar-refractivity contribution in [2.45, 2.75) is 6.92 Å². The number of benzene rings is 1.